The third kappa shape index (κ3) is 4.94. The maximum atomic E-state index is 11.6. The molecular formula is C12H23NO3. The van der Waals surface area contributed by atoms with Gasteiger partial charge in [-0.25, -0.2) is 0 Å². The van der Waals surface area contributed by atoms with Crippen molar-refractivity contribution in [2.75, 3.05) is 19.8 Å². The van der Waals surface area contributed by atoms with Gasteiger partial charge in [-0.15, -0.1) is 0 Å². The van der Waals surface area contributed by atoms with E-state index < -0.39 is 0 Å². The van der Waals surface area contributed by atoms with Crippen molar-refractivity contribution in [1.82, 2.24) is 5.32 Å². The minimum atomic E-state index is -0.222. The van der Waals surface area contributed by atoms with E-state index >= 15 is 0 Å². The molecule has 1 heterocycles. The summed E-state index contributed by atoms with van der Waals surface area (Å²) in [5.74, 6) is 0.323. The van der Waals surface area contributed by atoms with Crippen LogP contribution in [0, 0.1) is 5.92 Å². The Kier molecular flexibility index (Phi) is 5.77. The van der Waals surface area contributed by atoms with Gasteiger partial charge in [-0.1, -0.05) is 13.8 Å². The van der Waals surface area contributed by atoms with Crippen LogP contribution >= 0.6 is 0 Å². The van der Waals surface area contributed by atoms with Crippen molar-refractivity contribution in [3.63, 3.8) is 0 Å². The maximum Gasteiger partial charge on any atom is 0.322 e. The van der Waals surface area contributed by atoms with Crippen LogP contribution in [0.25, 0.3) is 0 Å². The second-order valence-electron chi connectivity index (χ2n) is 4.73. The van der Waals surface area contributed by atoms with Crippen LogP contribution in [-0.4, -0.2) is 37.9 Å². The van der Waals surface area contributed by atoms with Gasteiger partial charge in [-0.2, -0.15) is 0 Å². The highest BCUT2D eigenvalue weighted by molar-refractivity contribution is 5.75. The molecule has 0 bridgehead atoms. The molecular weight excluding hydrogens is 206 g/mol. The molecule has 1 aliphatic heterocycles. The predicted molar refractivity (Wildman–Crippen MR) is 62.2 cm³/mol. The van der Waals surface area contributed by atoms with Gasteiger partial charge in [0.05, 0.1) is 6.61 Å². The Hall–Kier alpha value is -0.610. The SMILES string of the molecule is CC(C)NC(C)C(=O)OCC1CCOCC1. The normalized spacial score (nSPS) is 19.8. The summed E-state index contributed by atoms with van der Waals surface area (Å²) in [4.78, 5) is 11.6. The minimum Gasteiger partial charge on any atom is -0.464 e. The average molecular weight is 229 g/mol. The van der Waals surface area contributed by atoms with Gasteiger partial charge in [0.2, 0.25) is 0 Å². The molecule has 0 spiro atoms. The van der Waals surface area contributed by atoms with Crippen molar-refractivity contribution in [3.8, 4) is 0 Å². The molecule has 1 aliphatic rings. The number of hydrogen-bond acceptors (Lipinski definition) is 4. The third-order valence-electron chi connectivity index (χ3n) is 2.74. The van der Waals surface area contributed by atoms with E-state index in [1.54, 1.807) is 0 Å². The first-order valence-electron chi connectivity index (χ1n) is 6.10. The van der Waals surface area contributed by atoms with Gasteiger partial charge in [-0.3, -0.25) is 4.79 Å². The molecule has 1 saturated heterocycles. The number of hydrogen-bond donors (Lipinski definition) is 1. The number of esters is 1. The first-order chi connectivity index (χ1) is 7.59. The van der Waals surface area contributed by atoms with Crippen LogP contribution in [0.2, 0.25) is 0 Å². The highest BCUT2D eigenvalue weighted by Crippen LogP contribution is 2.14. The molecule has 94 valence electrons. The molecule has 0 radical (unpaired) electrons. The summed E-state index contributed by atoms with van der Waals surface area (Å²) in [5.41, 5.74) is 0. The van der Waals surface area contributed by atoms with Crippen LogP contribution in [0.4, 0.5) is 0 Å². The molecule has 1 atom stereocenters. The van der Waals surface area contributed by atoms with Gasteiger partial charge in [0.1, 0.15) is 6.04 Å². The molecule has 1 unspecified atom stereocenters. The smallest absolute Gasteiger partial charge is 0.322 e. The molecule has 0 aromatic carbocycles. The van der Waals surface area contributed by atoms with Gasteiger partial charge in [0.15, 0.2) is 0 Å². The van der Waals surface area contributed by atoms with Crippen molar-refractivity contribution in [2.45, 2.75) is 45.7 Å². The number of nitrogens with one attached hydrogen (secondary N) is 1. The van der Waals surface area contributed by atoms with Crippen molar-refractivity contribution in [2.24, 2.45) is 5.92 Å². The van der Waals surface area contributed by atoms with Crippen LogP contribution in [0.15, 0.2) is 0 Å². The van der Waals surface area contributed by atoms with Crippen LogP contribution in [0.1, 0.15) is 33.6 Å². The summed E-state index contributed by atoms with van der Waals surface area (Å²) in [6.45, 7) is 7.99. The minimum absolute atomic E-state index is 0.153. The third-order valence-corrected chi connectivity index (χ3v) is 2.74. The van der Waals surface area contributed by atoms with E-state index in [0.29, 0.717) is 18.6 Å². The van der Waals surface area contributed by atoms with Crippen LogP contribution in [-0.2, 0) is 14.3 Å². The summed E-state index contributed by atoms with van der Waals surface area (Å²) in [6, 6.07) is 0.0745. The summed E-state index contributed by atoms with van der Waals surface area (Å²) >= 11 is 0. The Morgan fingerprint density at radius 1 is 1.38 bits per heavy atom. The van der Waals surface area contributed by atoms with Crippen molar-refractivity contribution >= 4 is 5.97 Å². The first-order valence-corrected chi connectivity index (χ1v) is 6.10. The van der Waals surface area contributed by atoms with E-state index in [9.17, 15) is 4.79 Å². The number of ether oxygens (including phenoxy) is 2. The van der Waals surface area contributed by atoms with Crippen LogP contribution in [0.3, 0.4) is 0 Å². The van der Waals surface area contributed by atoms with E-state index in [1.165, 1.54) is 0 Å². The van der Waals surface area contributed by atoms with Crippen molar-refractivity contribution in [1.29, 1.82) is 0 Å². The Balaban J connectivity index is 2.17. The standard InChI is InChI=1S/C12H23NO3/c1-9(2)13-10(3)12(14)16-8-11-4-6-15-7-5-11/h9-11,13H,4-8H2,1-3H3. The van der Waals surface area contributed by atoms with E-state index in [1.807, 2.05) is 20.8 Å². The fourth-order valence-corrected chi connectivity index (χ4v) is 1.81. The Morgan fingerprint density at radius 3 is 2.56 bits per heavy atom. The summed E-state index contributed by atoms with van der Waals surface area (Å²) < 4.78 is 10.5. The Labute approximate surface area is 97.7 Å². The summed E-state index contributed by atoms with van der Waals surface area (Å²) in [6.07, 6.45) is 2.00. The molecule has 0 aromatic heterocycles. The van der Waals surface area contributed by atoms with Gasteiger partial charge in [-0.05, 0) is 25.7 Å². The molecule has 4 nitrogen and oxygen atoms in total. The molecule has 1 rings (SSSR count). The highest BCUT2D eigenvalue weighted by atomic mass is 16.5. The molecule has 16 heavy (non-hydrogen) atoms. The van der Waals surface area contributed by atoms with E-state index in [4.69, 9.17) is 9.47 Å². The van der Waals surface area contributed by atoms with Gasteiger partial charge in [0.25, 0.3) is 0 Å². The second-order valence-corrected chi connectivity index (χ2v) is 4.73. The van der Waals surface area contributed by atoms with Crippen LogP contribution < -0.4 is 5.32 Å². The predicted octanol–water partition coefficient (Wildman–Crippen LogP) is 1.34. The lowest BCUT2D eigenvalue weighted by Crippen LogP contribution is -2.40. The fourth-order valence-electron chi connectivity index (χ4n) is 1.81. The zero-order valence-corrected chi connectivity index (χ0v) is 10.5. The largest absolute Gasteiger partial charge is 0.464 e. The molecule has 0 amide bonds. The van der Waals surface area contributed by atoms with Crippen LogP contribution in [0.5, 0.6) is 0 Å². The van der Waals surface area contributed by atoms with E-state index in [0.717, 1.165) is 26.1 Å². The lowest BCUT2D eigenvalue weighted by molar-refractivity contribution is -0.148. The Bertz CT molecular complexity index is 212. The van der Waals surface area contributed by atoms with Gasteiger partial charge in [0, 0.05) is 19.3 Å². The average Bonchev–Trinajstić information content (AvgIpc) is 2.26. The zero-order valence-electron chi connectivity index (χ0n) is 10.5. The van der Waals surface area contributed by atoms with Crippen molar-refractivity contribution in [3.05, 3.63) is 0 Å². The number of carbonyl (C=O) groups is 1. The molecule has 1 N–H and O–H groups in total. The first kappa shape index (κ1) is 13.5. The lowest BCUT2D eigenvalue weighted by Gasteiger charge is -2.23. The van der Waals surface area contributed by atoms with Gasteiger partial charge < -0.3 is 14.8 Å². The monoisotopic (exact) mass is 229 g/mol. The fraction of sp³-hybridized carbons (Fsp3) is 0.917. The Morgan fingerprint density at radius 2 is 2.00 bits per heavy atom. The quantitative estimate of drug-likeness (QED) is 0.723. The summed E-state index contributed by atoms with van der Waals surface area (Å²) in [7, 11) is 0. The number of rotatable bonds is 5. The van der Waals surface area contributed by atoms with Gasteiger partial charge >= 0.3 is 5.97 Å². The molecule has 4 heteroatoms. The lowest BCUT2D eigenvalue weighted by atomic mass is 10.0. The second kappa shape index (κ2) is 6.86. The summed E-state index contributed by atoms with van der Waals surface area (Å²) in [5, 5.41) is 3.13. The molecule has 0 aliphatic carbocycles. The molecule has 1 fully saturated rings. The zero-order chi connectivity index (χ0) is 12.0. The highest BCUT2D eigenvalue weighted by Gasteiger charge is 2.19. The van der Waals surface area contributed by atoms with E-state index in [2.05, 4.69) is 5.32 Å². The topological polar surface area (TPSA) is 47.6 Å². The molecule has 0 aromatic rings. The molecule has 0 saturated carbocycles. The van der Waals surface area contributed by atoms with E-state index in [-0.39, 0.29) is 12.0 Å². The van der Waals surface area contributed by atoms with Crippen molar-refractivity contribution < 1.29 is 14.3 Å². The number of carbonyl (C=O) groups excluding carboxylic acids is 1. The maximum absolute atomic E-state index is 11.6.